The Bertz CT molecular complexity index is 943. The zero-order valence-electron chi connectivity index (χ0n) is 14.0. The Morgan fingerprint density at radius 2 is 1.78 bits per heavy atom. The van der Waals surface area contributed by atoms with Crippen LogP contribution in [0.2, 0.25) is 0 Å². The van der Waals surface area contributed by atoms with E-state index in [1.165, 1.54) is 0 Å². The van der Waals surface area contributed by atoms with Gasteiger partial charge in [0, 0.05) is 3.57 Å². The Morgan fingerprint density at radius 1 is 1.07 bits per heavy atom. The highest BCUT2D eigenvalue weighted by Gasteiger charge is 2.55. The zero-order chi connectivity index (χ0) is 19.0. The van der Waals surface area contributed by atoms with E-state index in [1.807, 2.05) is 30.3 Å². The molecule has 2 aliphatic heterocycles. The fraction of sp³-hybridized carbons (Fsp3) is 0.158. The molecular formula is C19H14IN3O4. The third-order valence-electron chi connectivity index (χ3n) is 4.43. The second-order valence-electron chi connectivity index (χ2n) is 6.13. The number of imide groups is 1. The molecule has 7 nitrogen and oxygen atoms in total. The van der Waals surface area contributed by atoms with Crippen LogP contribution >= 0.6 is 22.6 Å². The van der Waals surface area contributed by atoms with E-state index in [2.05, 4.69) is 33.1 Å². The molecule has 2 heterocycles. The van der Waals surface area contributed by atoms with Gasteiger partial charge in [0.05, 0.1) is 5.69 Å². The molecule has 0 spiro atoms. The molecule has 2 unspecified atom stereocenters. The largest absolute Gasteiger partial charge is 0.456 e. The van der Waals surface area contributed by atoms with Crippen molar-refractivity contribution in [2.24, 2.45) is 11.0 Å². The van der Waals surface area contributed by atoms with Crippen LogP contribution in [0.15, 0.2) is 59.7 Å². The third-order valence-corrected chi connectivity index (χ3v) is 5.15. The lowest BCUT2D eigenvalue weighted by Crippen LogP contribution is -2.36. The number of anilines is 1. The van der Waals surface area contributed by atoms with Gasteiger partial charge < -0.3 is 4.74 Å². The van der Waals surface area contributed by atoms with E-state index in [0.717, 1.165) is 14.0 Å². The maximum absolute atomic E-state index is 12.8. The minimum absolute atomic E-state index is 0.0673. The SMILES string of the molecule is O=C(OCc1ccccc1)C1=NNC2C(=O)N(c3ccc(I)cc3)C(=O)C12. The van der Waals surface area contributed by atoms with Gasteiger partial charge in [-0.25, -0.2) is 9.69 Å². The van der Waals surface area contributed by atoms with Crippen LogP contribution < -0.4 is 10.3 Å². The summed E-state index contributed by atoms with van der Waals surface area (Å²) >= 11 is 2.14. The van der Waals surface area contributed by atoms with Crippen molar-refractivity contribution in [3.05, 3.63) is 63.7 Å². The number of amides is 2. The van der Waals surface area contributed by atoms with Crippen LogP contribution in [0.25, 0.3) is 0 Å². The quantitative estimate of drug-likeness (QED) is 0.415. The number of fused-ring (bicyclic) bond motifs is 1. The van der Waals surface area contributed by atoms with Gasteiger partial charge in [0.1, 0.15) is 18.6 Å². The van der Waals surface area contributed by atoms with E-state index in [0.29, 0.717) is 5.69 Å². The number of ether oxygens (including phenoxy) is 1. The maximum Gasteiger partial charge on any atom is 0.355 e. The number of hydrogen-bond acceptors (Lipinski definition) is 6. The molecule has 2 aromatic carbocycles. The summed E-state index contributed by atoms with van der Waals surface area (Å²) in [6, 6.07) is 15.3. The van der Waals surface area contributed by atoms with Crippen LogP contribution in [0.5, 0.6) is 0 Å². The molecule has 0 radical (unpaired) electrons. The first-order valence-electron chi connectivity index (χ1n) is 8.24. The average Bonchev–Trinajstić information content (AvgIpc) is 3.22. The molecule has 2 atom stereocenters. The minimum Gasteiger partial charge on any atom is -0.456 e. The molecule has 0 aromatic heterocycles. The first-order valence-corrected chi connectivity index (χ1v) is 9.31. The summed E-state index contributed by atoms with van der Waals surface area (Å²) in [7, 11) is 0. The summed E-state index contributed by atoms with van der Waals surface area (Å²) in [5, 5.41) is 3.90. The summed E-state index contributed by atoms with van der Waals surface area (Å²) in [6.07, 6.45) is 0. The van der Waals surface area contributed by atoms with Crippen LogP contribution in [0.4, 0.5) is 5.69 Å². The van der Waals surface area contributed by atoms with Gasteiger partial charge in [-0.2, -0.15) is 5.10 Å². The first-order chi connectivity index (χ1) is 13.1. The normalized spacial score (nSPS) is 20.9. The fourth-order valence-corrected chi connectivity index (χ4v) is 3.46. The van der Waals surface area contributed by atoms with Gasteiger partial charge in [0.25, 0.3) is 5.91 Å². The molecule has 1 fully saturated rings. The number of esters is 1. The minimum atomic E-state index is -0.972. The van der Waals surface area contributed by atoms with Crippen molar-refractivity contribution in [3.8, 4) is 0 Å². The highest BCUT2D eigenvalue weighted by Crippen LogP contribution is 2.31. The van der Waals surface area contributed by atoms with Crippen LogP contribution in [-0.4, -0.2) is 29.5 Å². The molecule has 8 heteroatoms. The number of carbonyl (C=O) groups is 3. The predicted octanol–water partition coefficient (Wildman–Crippen LogP) is 1.85. The molecule has 2 aromatic rings. The molecule has 0 aliphatic carbocycles. The topological polar surface area (TPSA) is 88.1 Å². The Morgan fingerprint density at radius 3 is 2.48 bits per heavy atom. The molecule has 0 saturated carbocycles. The second kappa shape index (κ2) is 7.10. The number of hydrazone groups is 1. The Kier molecular flexibility index (Phi) is 4.65. The zero-order valence-corrected chi connectivity index (χ0v) is 16.1. The third kappa shape index (κ3) is 3.20. The lowest BCUT2D eigenvalue weighted by atomic mass is 9.99. The number of benzene rings is 2. The van der Waals surface area contributed by atoms with Crippen LogP contribution in [0, 0.1) is 9.49 Å². The van der Waals surface area contributed by atoms with Crippen LogP contribution in [0.1, 0.15) is 5.56 Å². The first kappa shape index (κ1) is 17.7. The van der Waals surface area contributed by atoms with Crippen molar-refractivity contribution in [2.75, 3.05) is 4.90 Å². The van der Waals surface area contributed by atoms with Crippen LogP contribution in [0.3, 0.4) is 0 Å². The molecule has 0 bridgehead atoms. The Balaban J connectivity index is 1.51. The van der Waals surface area contributed by atoms with Gasteiger partial charge in [0.2, 0.25) is 5.91 Å². The molecule has 27 heavy (non-hydrogen) atoms. The highest BCUT2D eigenvalue weighted by atomic mass is 127. The molecular weight excluding hydrogens is 461 g/mol. The standard InChI is InChI=1S/C19H14IN3O4/c20-12-6-8-13(9-7-12)23-17(24)14-15(18(23)25)21-22-16(14)19(26)27-10-11-4-2-1-3-5-11/h1-9,14-15,21H,10H2. The molecule has 1 saturated heterocycles. The van der Waals surface area contributed by atoms with E-state index in [9.17, 15) is 14.4 Å². The lowest BCUT2D eigenvalue weighted by Gasteiger charge is -2.15. The van der Waals surface area contributed by atoms with Crippen molar-refractivity contribution in [1.29, 1.82) is 0 Å². The number of rotatable bonds is 4. The van der Waals surface area contributed by atoms with Gasteiger partial charge in [-0.3, -0.25) is 15.0 Å². The monoisotopic (exact) mass is 475 g/mol. The maximum atomic E-state index is 12.8. The number of hydrogen-bond donors (Lipinski definition) is 1. The van der Waals surface area contributed by atoms with Gasteiger partial charge in [-0.05, 0) is 52.4 Å². The number of nitrogens with zero attached hydrogens (tertiary/aromatic N) is 2. The van der Waals surface area contributed by atoms with Crippen molar-refractivity contribution in [2.45, 2.75) is 12.6 Å². The summed E-state index contributed by atoms with van der Waals surface area (Å²) in [5.41, 5.74) is 3.84. The van der Waals surface area contributed by atoms with Crippen molar-refractivity contribution < 1.29 is 19.1 Å². The van der Waals surface area contributed by atoms with E-state index in [4.69, 9.17) is 4.74 Å². The fourth-order valence-electron chi connectivity index (χ4n) is 3.10. The van der Waals surface area contributed by atoms with Gasteiger partial charge in [-0.15, -0.1) is 0 Å². The van der Waals surface area contributed by atoms with Gasteiger partial charge in [0.15, 0.2) is 5.71 Å². The predicted molar refractivity (Wildman–Crippen MR) is 106 cm³/mol. The summed E-state index contributed by atoms with van der Waals surface area (Å²) < 4.78 is 6.25. The average molecular weight is 475 g/mol. The highest BCUT2D eigenvalue weighted by molar-refractivity contribution is 14.1. The Hall–Kier alpha value is -2.75. The molecule has 4 rings (SSSR count). The molecule has 2 amide bonds. The number of nitrogens with one attached hydrogen (secondary N) is 1. The van der Waals surface area contributed by atoms with E-state index in [-0.39, 0.29) is 12.3 Å². The second-order valence-corrected chi connectivity index (χ2v) is 7.38. The van der Waals surface area contributed by atoms with Crippen molar-refractivity contribution in [1.82, 2.24) is 5.43 Å². The van der Waals surface area contributed by atoms with Gasteiger partial charge >= 0.3 is 5.97 Å². The smallest absolute Gasteiger partial charge is 0.355 e. The molecule has 2 aliphatic rings. The lowest BCUT2D eigenvalue weighted by molar-refractivity contribution is -0.137. The van der Waals surface area contributed by atoms with Crippen LogP contribution in [-0.2, 0) is 25.7 Å². The van der Waals surface area contributed by atoms with E-state index < -0.39 is 29.7 Å². The van der Waals surface area contributed by atoms with Crippen molar-refractivity contribution >= 4 is 51.8 Å². The van der Waals surface area contributed by atoms with E-state index >= 15 is 0 Å². The summed E-state index contributed by atoms with van der Waals surface area (Å²) in [5.74, 6) is -2.59. The summed E-state index contributed by atoms with van der Waals surface area (Å²) in [4.78, 5) is 39.0. The van der Waals surface area contributed by atoms with E-state index in [1.54, 1.807) is 24.3 Å². The molecule has 1 N–H and O–H groups in total. The molecule has 136 valence electrons. The van der Waals surface area contributed by atoms with Crippen molar-refractivity contribution in [3.63, 3.8) is 0 Å². The summed E-state index contributed by atoms with van der Waals surface area (Å²) in [6.45, 7) is 0.0685. The Labute approximate surface area is 168 Å². The number of carbonyl (C=O) groups excluding carboxylic acids is 3. The number of halogens is 1. The van der Waals surface area contributed by atoms with Gasteiger partial charge in [-0.1, -0.05) is 30.3 Å².